The van der Waals surface area contributed by atoms with Gasteiger partial charge in [-0.1, -0.05) is 20.3 Å². The van der Waals surface area contributed by atoms with Crippen LogP contribution in [-0.4, -0.2) is 64.0 Å². The lowest BCUT2D eigenvalue weighted by atomic mass is 9.97. The molecule has 0 aromatic rings. The van der Waals surface area contributed by atoms with Crippen LogP contribution >= 0.6 is 0 Å². The fraction of sp³-hybridized carbons (Fsp3) is 0.688. The Bertz CT molecular complexity index is 579. The standard InChI is InChI=1S/C16H28N4O7/c1-5-7(2)12(20-13(23)8(3)17)15(25)18-9(4)14(24)19-10(16(26)27)6-11(21)22/h7-10,12H,5-6,17H2,1-4H3,(H,18,25)(H,19,24)(H,20,23)(H,21,22)(H,26,27). The van der Waals surface area contributed by atoms with Crippen molar-refractivity contribution in [3.05, 3.63) is 0 Å². The second-order valence-electron chi connectivity index (χ2n) is 6.39. The zero-order valence-electron chi connectivity index (χ0n) is 15.8. The molecule has 0 saturated carbocycles. The quantitative estimate of drug-likeness (QED) is 0.244. The highest BCUT2D eigenvalue weighted by atomic mass is 16.4. The van der Waals surface area contributed by atoms with Gasteiger partial charge in [-0.2, -0.15) is 0 Å². The van der Waals surface area contributed by atoms with Gasteiger partial charge in [-0.05, 0) is 19.8 Å². The predicted molar refractivity (Wildman–Crippen MR) is 94.5 cm³/mol. The third-order valence-electron chi connectivity index (χ3n) is 3.95. The first kappa shape index (κ1) is 24.3. The minimum absolute atomic E-state index is 0.248. The highest BCUT2D eigenvalue weighted by molar-refractivity contribution is 5.94. The summed E-state index contributed by atoms with van der Waals surface area (Å²) in [6, 6.07) is -4.53. The number of hydrogen-bond donors (Lipinski definition) is 6. The van der Waals surface area contributed by atoms with Gasteiger partial charge in [0.05, 0.1) is 12.5 Å². The molecule has 0 radical (unpaired) electrons. The Labute approximate surface area is 157 Å². The highest BCUT2D eigenvalue weighted by Gasteiger charge is 2.30. The molecule has 0 aromatic carbocycles. The molecule has 0 aliphatic heterocycles. The van der Waals surface area contributed by atoms with Crippen molar-refractivity contribution in [2.75, 3.05) is 0 Å². The molecular formula is C16H28N4O7. The van der Waals surface area contributed by atoms with E-state index in [1.807, 2.05) is 6.92 Å². The molecular weight excluding hydrogens is 360 g/mol. The maximum absolute atomic E-state index is 12.5. The highest BCUT2D eigenvalue weighted by Crippen LogP contribution is 2.09. The second kappa shape index (κ2) is 11.1. The molecule has 7 N–H and O–H groups in total. The van der Waals surface area contributed by atoms with E-state index in [9.17, 15) is 24.0 Å². The summed E-state index contributed by atoms with van der Waals surface area (Å²) in [4.78, 5) is 58.0. The van der Waals surface area contributed by atoms with E-state index in [1.54, 1.807) is 6.92 Å². The molecule has 0 rings (SSSR count). The van der Waals surface area contributed by atoms with Gasteiger partial charge >= 0.3 is 11.9 Å². The number of carboxylic acids is 2. The molecule has 27 heavy (non-hydrogen) atoms. The van der Waals surface area contributed by atoms with Crippen LogP contribution in [0.3, 0.4) is 0 Å². The summed E-state index contributed by atoms with van der Waals surface area (Å²) >= 11 is 0. The Balaban J connectivity index is 5.04. The van der Waals surface area contributed by atoms with Crippen molar-refractivity contribution < 1.29 is 34.2 Å². The molecule has 154 valence electrons. The van der Waals surface area contributed by atoms with Crippen LogP contribution in [0.1, 0.15) is 40.5 Å². The topological polar surface area (TPSA) is 188 Å². The Morgan fingerprint density at radius 3 is 1.85 bits per heavy atom. The molecule has 0 aromatic heterocycles. The van der Waals surface area contributed by atoms with Gasteiger partial charge in [0.15, 0.2) is 0 Å². The average Bonchev–Trinajstić information content (AvgIpc) is 2.56. The lowest BCUT2D eigenvalue weighted by Crippen LogP contribution is -2.57. The zero-order valence-corrected chi connectivity index (χ0v) is 15.8. The van der Waals surface area contributed by atoms with Crippen LogP contribution < -0.4 is 21.7 Å². The molecule has 5 atom stereocenters. The molecule has 0 aliphatic rings. The summed E-state index contributed by atoms with van der Waals surface area (Å²) in [5.41, 5.74) is 5.49. The van der Waals surface area contributed by atoms with Crippen LogP contribution in [0.4, 0.5) is 0 Å². The van der Waals surface area contributed by atoms with E-state index in [0.29, 0.717) is 6.42 Å². The van der Waals surface area contributed by atoms with Gasteiger partial charge in [-0.15, -0.1) is 0 Å². The van der Waals surface area contributed by atoms with Crippen molar-refractivity contribution in [2.45, 2.75) is 64.7 Å². The average molecular weight is 388 g/mol. The SMILES string of the molecule is CCC(C)C(NC(=O)C(C)N)C(=O)NC(C)C(=O)NC(CC(=O)O)C(=O)O. The molecule has 0 aliphatic carbocycles. The molecule has 11 nitrogen and oxygen atoms in total. The number of aliphatic carboxylic acids is 2. The minimum atomic E-state index is -1.63. The first-order valence-electron chi connectivity index (χ1n) is 8.51. The van der Waals surface area contributed by atoms with E-state index in [0.717, 1.165) is 0 Å². The summed E-state index contributed by atoms with van der Waals surface area (Å²) in [6.45, 7) is 6.34. The lowest BCUT2D eigenvalue weighted by Gasteiger charge is -2.26. The molecule has 0 fully saturated rings. The van der Waals surface area contributed by atoms with Crippen molar-refractivity contribution in [2.24, 2.45) is 11.7 Å². The Morgan fingerprint density at radius 2 is 1.44 bits per heavy atom. The van der Waals surface area contributed by atoms with Crippen LogP contribution in [0.2, 0.25) is 0 Å². The summed E-state index contributed by atoms with van der Waals surface area (Å²) in [7, 11) is 0. The minimum Gasteiger partial charge on any atom is -0.481 e. The van der Waals surface area contributed by atoms with Gasteiger partial charge in [0.2, 0.25) is 17.7 Å². The van der Waals surface area contributed by atoms with E-state index in [4.69, 9.17) is 15.9 Å². The van der Waals surface area contributed by atoms with E-state index in [2.05, 4.69) is 16.0 Å². The van der Waals surface area contributed by atoms with Crippen molar-refractivity contribution in [1.29, 1.82) is 0 Å². The van der Waals surface area contributed by atoms with Crippen LogP contribution in [0.25, 0.3) is 0 Å². The third-order valence-corrected chi connectivity index (χ3v) is 3.95. The smallest absolute Gasteiger partial charge is 0.326 e. The van der Waals surface area contributed by atoms with E-state index < -0.39 is 60.2 Å². The van der Waals surface area contributed by atoms with Crippen LogP contribution in [-0.2, 0) is 24.0 Å². The van der Waals surface area contributed by atoms with Gasteiger partial charge in [0.1, 0.15) is 18.1 Å². The maximum Gasteiger partial charge on any atom is 0.326 e. The largest absolute Gasteiger partial charge is 0.481 e. The van der Waals surface area contributed by atoms with Gasteiger partial charge in [0, 0.05) is 0 Å². The van der Waals surface area contributed by atoms with E-state index >= 15 is 0 Å². The van der Waals surface area contributed by atoms with Crippen LogP contribution in [0.5, 0.6) is 0 Å². The number of carboxylic acid groups (broad SMARTS) is 2. The molecule has 0 heterocycles. The molecule has 0 bridgehead atoms. The van der Waals surface area contributed by atoms with Crippen molar-refractivity contribution in [3.8, 4) is 0 Å². The van der Waals surface area contributed by atoms with E-state index in [1.165, 1.54) is 13.8 Å². The normalized spacial score (nSPS) is 16.2. The van der Waals surface area contributed by atoms with Gasteiger partial charge < -0.3 is 31.9 Å². The van der Waals surface area contributed by atoms with Gasteiger partial charge in [0.25, 0.3) is 0 Å². The first-order valence-corrected chi connectivity index (χ1v) is 8.51. The van der Waals surface area contributed by atoms with Crippen molar-refractivity contribution in [1.82, 2.24) is 16.0 Å². The Kier molecular flexibility index (Phi) is 10.0. The summed E-state index contributed by atoms with van der Waals surface area (Å²) in [5.74, 6) is -5.17. The number of amides is 3. The number of carbonyl (C=O) groups is 5. The first-order chi connectivity index (χ1) is 12.4. The fourth-order valence-electron chi connectivity index (χ4n) is 2.03. The maximum atomic E-state index is 12.5. The number of carbonyl (C=O) groups excluding carboxylic acids is 3. The summed E-state index contributed by atoms with van der Waals surface area (Å²) < 4.78 is 0. The second-order valence-corrected chi connectivity index (χ2v) is 6.39. The zero-order chi connectivity index (χ0) is 21.3. The monoisotopic (exact) mass is 388 g/mol. The lowest BCUT2D eigenvalue weighted by molar-refractivity contribution is -0.147. The van der Waals surface area contributed by atoms with Gasteiger partial charge in [-0.25, -0.2) is 4.79 Å². The summed E-state index contributed by atoms with van der Waals surface area (Å²) in [5, 5.41) is 24.6. The van der Waals surface area contributed by atoms with Crippen LogP contribution in [0.15, 0.2) is 0 Å². The molecule has 0 saturated heterocycles. The molecule has 5 unspecified atom stereocenters. The Morgan fingerprint density at radius 1 is 0.889 bits per heavy atom. The predicted octanol–water partition coefficient (Wildman–Crippen LogP) is -1.59. The van der Waals surface area contributed by atoms with E-state index in [-0.39, 0.29) is 5.92 Å². The fourth-order valence-corrected chi connectivity index (χ4v) is 2.03. The summed E-state index contributed by atoms with van der Waals surface area (Å²) in [6.07, 6.45) is -0.237. The molecule has 3 amide bonds. The number of nitrogens with two attached hydrogens (primary N) is 1. The Hall–Kier alpha value is -2.69. The van der Waals surface area contributed by atoms with Crippen molar-refractivity contribution >= 4 is 29.7 Å². The molecule has 0 spiro atoms. The third kappa shape index (κ3) is 8.49. The number of hydrogen-bond acceptors (Lipinski definition) is 6. The van der Waals surface area contributed by atoms with Gasteiger partial charge in [-0.3, -0.25) is 19.2 Å². The van der Waals surface area contributed by atoms with Crippen LogP contribution in [0, 0.1) is 5.92 Å². The number of rotatable bonds is 11. The number of nitrogens with one attached hydrogen (secondary N) is 3. The molecule has 11 heteroatoms. The van der Waals surface area contributed by atoms with Crippen molar-refractivity contribution in [3.63, 3.8) is 0 Å².